The molecule has 0 saturated heterocycles. The number of hydrogen-bond donors (Lipinski definition) is 0. The summed E-state index contributed by atoms with van der Waals surface area (Å²) < 4.78 is 3.92. The zero-order chi connectivity index (χ0) is 19.0. The summed E-state index contributed by atoms with van der Waals surface area (Å²) in [7, 11) is 0. The van der Waals surface area contributed by atoms with Gasteiger partial charge in [-0.1, -0.05) is 48.0 Å². The predicted molar refractivity (Wildman–Crippen MR) is 110 cm³/mol. The number of allylic oxidation sites excluding steroid dienone is 2. The number of hydrogen-bond acceptors (Lipinski definition) is 2. The van der Waals surface area contributed by atoms with E-state index in [9.17, 15) is 4.79 Å². The average Bonchev–Trinajstić information content (AvgIpc) is 3.16. The van der Waals surface area contributed by atoms with Crippen molar-refractivity contribution in [3.8, 4) is 0 Å². The van der Waals surface area contributed by atoms with Crippen molar-refractivity contribution in [1.29, 1.82) is 0 Å². The van der Waals surface area contributed by atoms with Gasteiger partial charge in [-0.15, -0.1) is 6.58 Å². The van der Waals surface area contributed by atoms with Crippen molar-refractivity contribution in [1.82, 2.24) is 14.2 Å². The van der Waals surface area contributed by atoms with Crippen LogP contribution in [0.1, 0.15) is 21.6 Å². The number of imidazole rings is 1. The number of ketones is 1. The number of carbonyl (C=O) groups is 1. The van der Waals surface area contributed by atoms with Crippen LogP contribution in [-0.4, -0.2) is 20.0 Å². The minimum absolute atomic E-state index is 0.0782. The van der Waals surface area contributed by atoms with Crippen LogP contribution in [0.2, 0.25) is 5.02 Å². The van der Waals surface area contributed by atoms with Crippen LogP contribution in [0.3, 0.4) is 0 Å². The molecule has 0 bridgehead atoms. The Bertz CT molecular complexity index is 1200. The molecule has 0 saturated carbocycles. The zero-order valence-corrected chi connectivity index (χ0v) is 15.6. The smallest absolute Gasteiger partial charge is 0.191 e. The van der Waals surface area contributed by atoms with Gasteiger partial charge in [0.25, 0.3) is 0 Å². The van der Waals surface area contributed by atoms with Crippen LogP contribution in [0.25, 0.3) is 22.8 Å². The number of nitrogens with zero attached hydrogens (tertiary/aromatic N) is 3. The molecule has 0 fully saturated rings. The maximum atomic E-state index is 13.0. The molecule has 4 aromatic rings. The lowest BCUT2D eigenvalue weighted by Crippen LogP contribution is -2.02. The van der Waals surface area contributed by atoms with Crippen molar-refractivity contribution in [2.24, 2.45) is 0 Å². The lowest BCUT2D eigenvalue weighted by Gasteiger charge is -2.03. The molecule has 0 unspecified atom stereocenters. The fraction of sp³-hybridized carbons (Fsp3) is 0.0909. The van der Waals surface area contributed by atoms with Crippen LogP contribution in [-0.2, 0) is 6.54 Å². The molecular weight excluding hydrogens is 358 g/mol. The molecule has 2 heterocycles. The third-order valence-electron chi connectivity index (χ3n) is 4.55. The van der Waals surface area contributed by atoms with Gasteiger partial charge in [0.15, 0.2) is 5.78 Å². The molecule has 4 rings (SSSR count). The lowest BCUT2D eigenvalue weighted by molar-refractivity contribution is 0.104. The number of para-hydroxylation sites is 2. The fourth-order valence-corrected chi connectivity index (χ4v) is 3.48. The van der Waals surface area contributed by atoms with Crippen LogP contribution in [0, 0.1) is 6.92 Å². The lowest BCUT2D eigenvalue weighted by atomic mass is 10.1. The Morgan fingerprint density at radius 3 is 2.56 bits per heavy atom. The molecule has 5 heteroatoms. The van der Waals surface area contributed by atoms with E-state index >= 15 is 0 Å². The summed E-state index contributed by atoms with van der Waals surface area (Å²) in [6.45, 7) is 6.32. The van der Waals surface area contributed by atoms with Gasteiger partial charge in [-0.2, -0.15) is 5.10 Å². The van der Waals surface area contributed by atoms with E-state index in [-0.39, 0.29) is 5.78 Å². The molecule has 0 aliphatic carbocycles. The first-order chi connectivity index (χ1) is 13.1. The number of fused-ring (bicyclic) bond motifs is 3. The summed E-state index contributed by atoms with van der Waals surface area (Å²) >= 11 is 5.91. The molecule has 2 aromatic heterocycles. The highest BCUT2D eigenvalue weighted by Gasteiger charge is 2.21. The van der Waals surface area contributed by atoms with Crippen molar-refractivity contribution < 1.29 is 4.79 Å². The van der Waals surface area contributed by atoms with Gasteiger partial charge >= 0.3 is 0 Å². The second kappa shape index (κ2) is 6.89. The number of halogens is 1. The molecule has 0 amide bonds. The van der Waals surface area contributed by atoms with Crippen LogP contribution < -0.4 is 0 Å². The molecule has 0 aliphatic rings. The van der Waals surface area contributed by atoms with E-state index in [0.29, 0.717) is 22.8 Å². The molecule has 0 N–H and O–H groups in total. The SMILES string of the molecule is C=CCn1c2ccccc2n2nc(C)c(C(=O)C=Cc3ccc(Cl)cc3)c12. The third kappa shape index (κ3) is 2.98. The minimum atomic E-state index is -0.0782. The van der Waals surface area contributed by atoms with Crippen molar-refractivity contribution >= 4 is 40.1 Å². The summed E-state index contributed by atoms with van der Waals surface area (Å²) in [4.78, 5) is 13.0. The Labute approximate surface area is 162 Å². The standard InChI is InChI=1S/C22H18ClN3O/c1-3-14-25-18-6-4-5-7-19(18)26-22(25)21(15(2)24-26)20(27)13-10-16-8-11-17(23)12-9-16/h3-13H,1,14H2,2H3. The van der Waals surface area contributed by atoms with Crippen LogP contribution in [0.4, 0.5) is 0 Å². The van der Waals surface area contributed by atoms with Crippen LogP contribution >= 0.6 is 11.6 Å². The molecule has 27 heavy (non-hydrogen) atoms. The van der Waals surface area contributed by atoms with Crippen LogP contribution in [0.15, 0.2) is 67.3 Å². The van der Waals surface area contributed by atoms with Crippen molar-refractivity contribution in [2.75, 3.05) is 0 Å². The maximum Gasteiger partial charge on any atom is 0.191 e. The minimum Gasteiger partial charge on any atom is -0.320 e. The second-order valence-corrected chi connectivity index (χ2v) is 6.77. The Balaban J connectivity index is 1.85. The second-order valence-electron chi connectivity index (χ2n) is 6.33. The summed E-state index contributed by atoms with van der Waals surface area (Å²) in [6, 6.07) is 15.3. The summed E-state index contributed by atoms with van der Waals surface area (Å²) in [5.41, 5.74) is 5.02. The Kier molecular flexibility index (Phi) is 4.42. The predicted octanol–water partition coefficient (Wildman–Crippen LogP) is 5.33. The van der Waals surface area contributed by atoms with Crippen LogP contribution in [0.5, 0.6) is 0 Å². The molecule has 2 aromatic carbocycles. The average molecular weight is 376 g/mol. The quantitative estimate of drug-likeness (QED) is 0.268. The van der Waals surface area contributed by atoms with E-state index in [4.69, 9.17) is 11.6 Å². The Morgan fingerprint density at radius 2 is 1.85 bits per heavy atom. The molecule has 134 valence electrons. The molecule has 4 nitrogen and oxygen atoms in total. The highest BCUT2D eigenvalue weighted by atomic mass is 35.5. The van der Waals surface area contributed by atoms with Gasteiger partial charge in [-0.05, 0) is 42.8 Å². The molecular formula is C22H18ClN3O. The van der Waals surface area contributed by atoms with Gasteiger partial charge in [0.2, 0.25) is 0 Å². The zero-order valence-electron chi connectivity index (χ0n) is 14.9. The molecule has 0 radical (unpaired) electrons. The number of rotatable bonds is 5. The van der Waals surface area contributed by atoms with Crippen molar-refractivity contribution in [3.05, 3.63) is 89.1 Å². The van der Waals surface area contributed by atoms with Gasteiger partial charge in [-0.25, -0.2) is 4.52 Å². The number of carbonyl (C=O) groups excluding carboxylic acids is 1. The van der Waals surface area contributed by atoms with Gasteiger partial charge in [0, 0.05) is 11.6 Å². The maximum absolute atomic E-state index is 13.0. The van der Waals surface area contributed by atoms with E-state index in [2.05, 4.69) is 16.2 Å². The monoisotopic (exact) mass is 375 g/mol. The van der Waals surface area contributed by atoms with E-state index in [0.717, 1.165) is 22.2 Å². The number of benzene rings is 2. The number of aromatic nitrogens is 3. The van der Waals surface area contributed by atoms with E-state index in [1.165, 1.54) is 0 Å². The first-order valence-corrected chi connectivity index (χ1v) is 9.03. The largest absolute Gasteiger partial charge is 0.320 e. The molecule has 0 aliphatic heterocycles. The van der Waals surface area contributed by atoms with Gasteiger partial charge in [-0.3, -0.25) is 4.79 Å². The highest BCUT2D eigenvalue weighted by Crippen LogP contribution is 2.26. The van der Waals surface area contributed by atoms with E-state index in [1.54, 1.807) is 24.3 Å². The Morgan fingerprint density at radius 1 is 1.15 bits per heavy atom. The van der Waals surface area contributed by atoms with E-state index in [1.807, 2.05) is 53.9 Å². The van der Waals surface area contributed by atoms with Gasteiger partial charge in [0.05, 0.1) is 22.3 Å². The topological polar surface area (TPSA) is 39.3 Å². The first-order valence-electron chi connectivity index (χ1n) is 8.65. The Hall–Kier alpha value is -3.11. The van der Waals surface area contributed by atoms with E-state index < -0.39 is 0 Å². The summed E-state index contributed by atoms with van der Waals surface area (Å²) in [5, 5.41) is 5.29. The number of aryl methyl sites for hydroxylation is 1. The van der Waals surface area contributed by atoms with Gasteiger partial charge in [0.1, 0.15) is 5.65 Å². The van der Waals surface area contributed by atoms with Gasteiger partial charge < -0.3 is 4.57 Å². The summed E-state index contributed by atoms with van der Waals surface area (Å²) in [6.07, 6.45) is 5.21. The summed E-state index contributed by atoms with van der Waals surface area (Å²) in [5.74, 6) is -0.0782. The molecule has 0 atom stereocenters. The normalized spacial score (nSPS) is 11.6. The highest BCUT2D eigenvalue weighted by molar-refractivity contribution is 6.30. The van der Waals surface area contributed by atoms with Crippen molar-refractivity contribution in [3.63, 3.8) is 0 Å². The first kappa shape index (κ1) is 17.3. The fourth-order valence-electron chi connectivity index (χ4n) is 3.35. The molecule has 0 spiro atoms. The van der Waals surface area contributed by atoms with Crippen molar-refractivity contribution in [2.45, 2.75) is 13.5 Å². The third-order valence-corrected chi connectivity index (χ3v) is 4.80.